The number of nitrogen functional groups attached to an aromatic ring is 1. The number of aromatic nitrogens is 3. The molecule has 0 radical (unpaired) electrons. The summed E-state index contributed by atoms with van der Waals surface area (Å²) < 4.78 is 5.44. The van der Waals surface area contributed by atoms with E-state index in [1.54, 1.807) is 12.4 Å². The predicted octanol–water partition coefficient (Wildman–Crippen LogP) is 2.52. The number of carbonyl (C=O) groups is 1. The lowest BCUT2D eigenvalue weighted by Crippen LogP contribution is -2.34. The molecule has 1 fully saturated rings. The van der Waals surface area contributed by atoms with Crippen molar-refractivity contribution in [1.29, 1.82) is 0 Å². The monoisotopic (exact) mass is 363 g/mol. The molecule has 0 atom stereocenters. The van der Waals surface area contributed by atoms with Crippen LogP contribution < -0.4 is 10.6 Å². The van der Waals surface area contributed by atoms with Crippen LogP contribution in [0, 0.1) is 5.92 Å². The molecule has 1 amide bonds. The van der Waals surface area contributed by atoms with Crippen LogP contribution in [0.2, 0.25) is 0 Å². The maximum Gasteiger partial charge on any atom is 0.233 e. The van der Waals surface area contributed by atoms with E-state index in [2.05, 4.69) is 21.0 Å². The number of nitrogens with zero attached hydrogens (tertiary/aromatic N) is 3. The summed E-state index contributed by atoms with van der Waals surface area (Å²) in [6.07, 6.45) is 7.74. The average molecular weight is 363 g/mol. The van der Waals surface area contributed by atoms with E-state index in [1.165, 1.54) is 0 Å². The minimum Gasteiger partial charge on any atom is -0.397 e. The standard InChI is InChI=1S/C20H21N5O2/c21-16-10-24-20-15(16)5-13(9-23-20)14-6-18-17(22-8-14)7-19(26)25(18)11-12-1-3-27-4-2-12/h5-6,8-10,12H,1-4,7,11,21H2,(H,23,24). The highest BCUT2D eigenvalue weighted by Crippen LogP contribution is 2.34. The summed E-state index contributed by atoms with van der Waals surface area (Å²) in [5.74, 6) is 0.611. The van der Waals surface area contributed by atoms with Crippen LogP contribution in [-0.4, -0.2) is 40.6 Å². The van der Waals surface area contributed by atoms with Crippen LogP contribution in [-0.2, 0) is 16.0 Å². The summed E-state index contributed by atoms with van der Waals surface area (Å²) in [7, 11) is 0. The normalized spacial score (nSPS) is 17.6. The molecule has 0 unspecified atom stereocenters. The smallest absolute Gasteiger partial charge is 0.233 e. The van der Waals surface area contributed by atoms with Gasteiger partial charge < -0.3 is 20.4 Å². The van der Waals surface area contributed by atoms with Gasteiger partial charge in [0, 0.05) is 54.9 Å². The minimum absolute atomic E-state index is 0.129. The molecule has 0 aliphatic carbocycles. The molecule has 0 saturated carbocycles. The second-order valence-electron chi connectivity index (χ2n) is 7.29. The molecule has 0 bridgehead atoms. The number of hydrogen-bond acceptors (Lipinski definition) is 5. The number of aromatic amines is 1. The fraction of sp³-hybridized carbons (Fsp3) is 0.350. The third-order valence-corrected chi connectivity index (χ3v) is 5.54. The predicted molar refractivity (Wildman–Crippen MR) is 103 cm³/mol. The Balaban J connectivity index is 1.49. The molecular weight excluding hydrogens is 342 g/mol. The van der Waals surface area contributed by atoms with Crippen molar-refractivity contribution in [3.05, 3.63) is 36.4 Å². The fourth-order valence-electron chi connectivity index (χ4n) is 3.95. The largest absolute Gasteiger partial charge is 0.397 e. The van der Waals surface area contributed by atoms with Gasteiger partial charge in [-0.3, -0.25) is 9.78 Å². The fourth-order valence-corrected chi connectivity index (χ4v) is 3.95. The van der Waals surface area contributed by atoms with Crippen molar-refractivity contribution in [3.8, 4) is 11.1 Å². The van der Waals surface area contributed by atoms with Gasteiger partial charge in [0.05, 0.1) is 23.5 Å². The number of fused-ring (bicyclic) bond motifs is 2. The second kappa shape index (κ2) is 6.35. The number of carbonyl (C=O) groups excluding carboxylic acids is 1. The molecule has 27 heavy (non-hydrogen) atoms. The maximum absolute atomic E-state index is 12.6. The number of nitrogens with two attached hydrogens (primary N) is 1. The summed E-state index contributed by atoms with van der Waals surface area (Å²) >= 11 is 0. The third-order valence-electron chi connectivity index (χ3n) is 5.54. The molecule has 3 aromatic rings. The summed E-state index contributed by atoms with van der Waals surface area (Å²) in [4.78, 5) is 26.5. The zero-order valence-electron chi connectivity index (χ0n) is 14.9. The molecule has 2 aliphatic heterocycles. The highest BCUT2D eigenvalue weighted by Gasteiger charge is 2.31. The zero-order valence-corrected chi connectivity index (χ0v) is 14.9. The van der Waals surface area contributed by atoms with Gasteiger partial charge in [-0.05, 0) is 30.9 Å². The lowest BCUT2D eigenvalue weighted by atomic mass is 9.99. The molecule has 5 heterocycles. The Kier molecular flexibility index (Phi) is 3.82. The van der Waals surface area contributed by atoms with Gasteiger partial charge in [0.15, 0.2) is 0 Å². The quantitative estimate of drug-likeness (QED) is 0.745. The highest BCUT2D eigenvalue weighted by molar-refractivity contribution is 6.01. The Hall–Kier alpha value is -2.93. The molecule has 7 heteroatoms. The highest BCUT2D eigenvalue weighted by atomic mass is 16.5. The summed E-state index contributed by atoms with van der Waals surface area (Å²) in [5.41, 5.74) is 11.1. The number of ether oxygens (including phenoxy) is 1. The van der Waals surface area contributed by atoms with Gasteiger partial charge in [-0.15, -0.1) is 0 Å². The van der Waals surface area contributed by atoms with Gasteiger partial charge in [0.2, 0.25) is 5.91 Å². The molecule has 3 aromatic heterocycles. The molecule has 0 spiro atoms. The van der Waals surface area contributed by atoms with Gasteiger partial charge in [0.25, 0.3) is 0 Å². The van der Waals surface area contributed by atoms with E-state index in [1.807, 2.05) is 17.2 Å². The number of hydrogen-bond donors (Lipinski definition) is 2. The lowest BCUT2D eigenvalue weighted by Gasteiger charge is -2.27. The van der Waals surface area contributed by atoms with Crippen LogP contribution in [0.3, 0.4) is 0 Å². The van der Waals surface area contributed by atoms with Crippen LogP contribution >= 0.6 is 0 Å². The third kappa shape index (κ3) is 2.84. The van der Waals surface area contributed by atoms with E-state index in [0.29, 0.717) is 18.0 Å². The van der Waals surface area contributed by atoms with E-state index < -0.39 is 0 Å². The van der Waals surface area contributed by atoms with Crippen LogP contribution in [0.25, 0.3) is 22.2 Å². The van der Waals surface area contributed by atoms with E-state index >= 15 is 0 Å². The van der Waals surface area contributed by atoms with Crippen molar-refractivity contribution in [2.75, 3.05) is 30.4 Å². The van der Waals surface area contributed by atoms with Gasteiger partial charge in [-0.1, -0.05) is 0 Å². The molecule has 0 aromatic carbocycles. The Morgan fingerprint density at radius 1 is 1.19 bits per heavy atom. The van der Waals surface area contributed by atoms with Crippen molar-refractivity contribution in [3.63, 3.8) is 0 Å². The van der Waals surface area contributed by atoms with E-state index in [4.69, 9.17) is 10.5 Å². The summed E-state index contributed by atoms with van der Waals surface area (Å²) in [5, 5.41) is 0.892. The number of pyridine rings is 2. The Morgan fingerprint density at radius 2 is 1.96 bits per heavy atom. The SMILES string of the molecule is Nc1c[nH]c2ncc(-c3cnc4c(c3)N(CC3CCOCC3)C(=O)C4)cc12. The zero-order chi connectivity index (χ0) is 18.4. The second-order valence-corrected chi connectivity index (χ2v) is 7.29. The first-order chi connectivity index (χ1) is 13.2. The molecule has 5 rings (SSSR count). The lowest BCUT2D eigenvalue weighted by molar-refractivity contribution is -0.117. The number of rotatable bonds is 3. The number of amides is 1. The molecule has 1 saturated heterocycles. The maximum atomic E-state index is 12.6. The van der Waals surface area contributed by atoms with Crippen molar-refractivity contribution >= 4 is 28.3 Å². The van der Waals surface area contributed by atoms with Crippen LogP contribution in [0.15, 0.2) is 30.7 Å². The van der Waals surface area contributed by atoms with Crippen LogP contribution in [0.1, 0.15) is 18.5 Å². The average Bonchev–Trinajstić information content (AvgIpc) is 3.22. The molecule has 2 aliphatic rings. The number of H-pyrrole nitrogens is 1. The summed E-state index contributed by atoms with van der Waals surface area (Å²) in [6, 6.07) is 4.06. The first-order valence-electron chi connectivity index (χ1n) is 9.29. The van der Waals surface area contributed by atoms with E-state index in [9.17, 15) is 4.79 Å². The van der Waals surface area contributed by atoms with Gasteiger partial charge in [0.1, 0.15) is 5.65 Å². The Bertz CT molecular complexity index is 1020. The van der Waals surface area contributed by atoms with E-state index in [-0.39, 0.29) is 5.91 Å². The number of anilines is 2. The van der Waals surface area contributed by atoms with Crippen LogP contribution in [0.4, 0.5) is 11.4 Å². The first-order valence-corrected chi connectivity index (χ1v) is 9.29. The molecule has 138 valence electrons. The van der Waals surface area contributed by atoms with Crippen molar-refractivity contribution < 1.29 is 9.53 Å². The van der Waals surface area contributed by atoms with Gasteiger partial charge in [-0.25, -0.2) is 4.98 Å². The molecule has 3 N–H and O–H groups in total. The van der Waals surface area contributed by atoms with Gasteiger partial charge in [-0.2, -0.15) is 0 Å². The Labute approximate surface area is 156 Å². The number of nitrogens with one attached hydrogen (secondary N) is 1. The summed E-state index contributed by atoms with van der Waals surface area (Å²) in [6.45, 7) is 2.30. The van der Waals surface area contributed by atoms with Crippen molar-refractivity contribution in [2.24, 2.45) is 5.92 Å². The van der Waals surface area contributed by atoms with Crippen molar-refractivity contribution in [1.82, 2.24) is 15.0 Å². The molecule has 7 nitrogen and oxygen atoms in total. The topological polar surface area (TPSA) is 97.1 Å². The van der Waals surface area contributed by atoms with Gasteiger partial charge >= 0.3 is 0 Å². The van der Waals surface area contributed by atoms with Crippen molar-refractivity contribution in [2.45, 2.75) is 19.3 Å². The minimum atomic E-state index is 0.129. The van der Waals surface area contributed by atoms with Crippen LogP contribution in [0.5, 0.6) is 0 Å². The van der Waals surface area contributed by atoms with E-state index in [0.717, 1.165) is 66.1 Å². The Morgan fingerprint density at radius 3 is 2.81 bits per heavy atom. The first kappa shape index (κ1) is 16.3. The molecular formula is C20H21N5O2.